The molecule has 0 aliphatic carbocycles. The van der Waals surface area contributed by atoms with Crippen molar-refractivity contribution < 1.29 is 27.1 Å². The molecule has 2 heterocycles. The van der Waals surface area contributed by atoms with Crippen LogP contribution in [0.1, 0.15) is 52.0 Å². The molecule has 0 saturated carbocycles. The van der Waals surface area contributed by atoms with Gasteiger partial charge in [0.15, 0.2) is 10.7 Å². The number of H-pyrrole nitrogens is 1. The number of aromatic amines is 1. The number of carboxylic acid groups (broad SMARTS) is 1. The molecule has 0 amide bonds. The number of carbonyl (C=O) groups is 1. The fourth-order valence-corrected chi connectivity index (χ4v) is 4.63. The van der Waals surface area contributed by atoms with Crippen molar-refractivity contribution in [2.75, 3.05) is 0 Å². The number of nitrogens with zero attached hydrogens (tertiary/aromatic N) is 2. The molecule has 13 heteroatoms. The Morgan fingerprint density at radius 2 is 1.97 bits per heavy atom. The van der Waals surface area contributed by atoms with Crippen molar-refractivity contribution in [1.29, 1.82) is 0 Å². The normalized spacial score (nSPS) is 13.7. The number of pyridine rings is 1. The summed E-state index contributed by atoms with van der Waals surface area (Å²) in [4.78, 5) is 26.4. The van der Waals surface area contributed by atoms with Gasteiger partial charge in [0, 0.05) is 5.92 Å². The molecule has 3 N–H and O–H groups in total. The lowest BCUT2D eigenvalue weighted by atomic mass is 9.88. The highest BCUT2D eigenvalue weighted by Gasteiger charge is 2.34. The van der Waals surface area contributed by atoms with Gasteiger partial charge < -0.3 is 9.52 Å². The zero-order chi connectivity index (χ0) is 23.8. The van der Waals surface area contributed by atoms with Crippen molar-refractivity contribution in [1.82, 2.24) is 19.9 Å². The number of rotatable bonds is 7. The molecule has 0 aliphatic heterocycles. The minimum atomic E-state index is -4.48. The van der Waals surface area contributed by atoms with Crippen LogP contribution in [0.15, 0.2) is 38.5 Å². The number of sulfonamides is 1. The fraction of sp³-hybridized carbons (Fsp3) is 0.263. The van der Waals surface area contributed by atoms with Crippen LogP contribution in [0, 0.1) is 19.7 Å². The first-order valence-electron chi connectivity index (χ1n) is 9.15. The topological polar surface area (TPSA) is 155 Å². The average Bonchev–Trinajstić information content (AvgIpc) is 3.15. The van der Waals surface area contributed by atoms with E-state index < -0.39 is 50.2 Å². The van der Waals surface area contributed by atoms with E-state index in [2.05, 4.69) is 14.8 Å². The number of hydrogen-bond donors (Lipinski definition) is 3. The molecule has 3 rings (SSSR count). The zero-order valence-electron chi connectivity index (χ0n) is 17.0. The van der Waals surface area contributed by atoms with E-state index in [9.17, 15) is 27.5 Å². The maximum atomic E-state index is 14.7. The first-order chi connectivity index (χ1) is 14.9. The number of benzene rings is 1. The number of aromatic nitrogens is 3. The van der Waals surface area contributed by atoms with Crippen LogP contribution in [0.25, 0.3) is 0 Å². The molecule has 2 atom stereocenters. The van der Waals surface area contributed by atoms with E-state index in [0.29, 0.717) is 5.56 Å². The van der Waals surface area contributed by atoms with Crippen LogP contribution in [-0.2, 0) is 10.0 Å². The monoisotopic (exact) mass is 484 g/mol. The minimum absolute atomic E-state index is 0.193. The van der Waals surface area contributed by atoms with Gasteiger partial charge >= 0.3 is 11.7 Å². The van der Waals surface area contributed by atoms with Crippen LogP contribution < -0.4 is 10.5 Å². The molecule has 10 nitrogen and oxygen atoms in total. The first kappa shape index (κ1) is 23.6. The third-order valence-corrected chi connectivity index (χ3v) is 6.64. The number of aromatic carboxylic acids is 1. The van der Waals surface area contributed by atoms with Crippen LogP contribution in [0.4, 0.5) is 4.39 Å². The largest absolute Gasteiger partial charge is 0.476 e. The highest BCUT2D eigenvalue weighted by atomic mass is 35.5. The SMILES string of the molecule is Cc1ccc(F)c([C@@H](C)[C@H](NS(=O)(=O)c2ccc(Cl)c(C(=O)O)n2)c2n[nH]c(=O)o2)c1C. The highest BCUT2D eigenvalue weighted by Crippen LogP contribution is 2.35. The maximum absolute atomic E-state index is 14.7. The van der Waals surface area contributed by atoms with Gasteiger partial charge in [0.25, 0.3) is 10.0 Å². The van der Waals surface area contributed by atoms with Crippen LogP contribution >= 0.6 is 11.6 Å². The molecule has 0 unspecified atom stereocenters. The number of halogens is 2. The molecule has 2 aromatic heterocycles. The second kappa shape index (κ2) is 8.81. The predicted octanol–water partition coefficient (Wildman–Crippen LogP) is 2.69. The second-order valence-corrected chi connectivity index (χ2v) is 9.10. The quantitative estimate of drug-likeness (QED) is 0.462. The standard InChI is InChI=1S/C19H18ClFN4O6S/c1-8-4-6-12(21)14(9(8)2)10(3)15(17-23-24-19(28)31-17)25-32(29,30)13-7-5-11(20)16(22-13)18(26)27/h4-7,10,15,25H,1-3H3,(H,24,28)(H,26,27)/t10-,15+/m1/s1. The van der Waals surface area contributed by atoms with Crippen molar-refractivity contribution in [3.05, 3.63) is 73.9 Å². The average molecular weight is 485 g/mol. The Kier molecular flexibility index (Phi) is 6.49. The summed E-state index contributed by atoms with van der Waals surface area (Å²) in [5, 5.41) is 14.0. The molecule has 1 aromatic carbocycles. The lowest BCUT2D eigenvalue weighted by Crippen LogP contribution is -2.33. The zero-order valence-corrected chi connectivity index (χ0v) is 18.6. The summed E-state index contributed by atoms with van der Waals surface area (Å²) >= 11 is 5.76. The Morgan fingerprint density at radius 1 is 1.28 bits per heavy atom. The number of carboxylic acids is 1. The van der Waals surface area contributed by atoms with Gasteiger partial charge in [-0.15, -0.1) is 5.10 Å². The van der Waals surface area contributed by atoms with E-state index in [4.69, 9.17) is 16.0 Å². The van der Waals surface area contributed by atoms with Gasteiger partial charge in [-0.05, 0) is 48.7 Å². The van der Waals surface area contributed by atoms with Crippen molar-refractivity contribution in [3.63, 3.8) is 0 Å². The maximum Gasteiger partial charge on any atom is 0.434 e. The molecule has 0 bridgehead atoms. The first-order valence-corrected chi connectivity index (χ1v) is 11.0. The lowest BCUT2D eigenvalue weighted by molar-refractivity contribution is 0.0690. The van der Waals surface area contributed by atoms with Crippen molar-refractivity contribution in [3.8, 4) is 0 Å². The van der Waals surface area contributed by atoms with Gasteiger partial charge in [-0.3, -0.25) is 0 Å². The van der Waals surface area contributed by atoms with Gasteiger partial charge in [-0.2, -0.15) is 4.72 Å². The van der Waals surface area contributed by atoms with Crippen molar-refractivity contribution >= 4 is 27.6 Å². The summed E-state index contributed by atoms with van der Waals surface area (Å²) < 4.78 is 48.0. The summed E-state index contributed by atoms with van der Waals surface area (Å²) in [7, 11) is -4.48. The Labute approximate surface area is 186 Å². The van der Waals surface area contributed by atoms with Gasteiger partial charge in [0.2, 0.25) is 5.89 Å². The summed E-state index contributed by atoms with van der Waals surface area (Å²) in [6.45, 7) is 4.98. The van der Waals surface area contributed by atoms with Gasteiger partial charge in [0.05, 0.1) is 5.02 Å². The van der Waals surface area contributed by atoms with E-state index in [-0.39, 0.29) is 16.5 Å². The molecule has 0 spiro atoms. The molecule has 32 heavy (non-hydrogen) atoms. The molecule has 3 aromatic rings. The Bertz CT molecular complexity index is 1350. The van der Waals surface area contributed by atoms with E-state index in [0.717, 1.165) is 17.7 Å². The molecular weight excluding hydrogens is 467 g/mol. The summed E-state index contributed by atoms with van der Waals surface area (Å²) in [5.41, 5.74) is 0.880. The lowest BCUT2D eigenvalue weighted by Gasteiger charge is -2.24. The highest BCUT2D eigenvalue weighted by molar-refractivity contribution is 7.89. The van der Waals surface area contributed by atoms with E-state index in [1.807, 2.05) is 5.10 Å². The number of nitrogens with one attached hydrogen (secondary N) is 2. The molecule has 0 fully saturated rings. The van der Waals surface area contributed by atoms with E-state index in [1.165, 1.54) is 13.0 Å². The van der Waals surface area contributed by atoms with Crippen LogP contribution in [0.5, 0.6) is 0 Å². The van der Waals surface area contributed by atoms with E-state index >= 15 is 0 Å². The molecular formula is C19H18ClFN4O6S. The molecule has 0 saturated heterocycles. The number of hydrogen-bond acceptors (Lipinski definition) is 7. The van der Waals surface area contributed by atoms with Crippen molar-refractivity contribution in [2.45, 2.75) is 37.8 Å². The van der Waals surface area contributed by atoms with Gasteiger partial charge in [-0.25, -0.2) is 32.5 Å². The Hall–Kier alpha value is -3.09. The van der Waals surface area contributed by atoms with Crippen LogP contribution in [0.2, 0.25) is 5.02 Å². The second-order valence-electron chi connectivity index (χ2n) is 7.03. The molecule has 0 aliphatic rings. The Balaban J connectivity index is 2.11. The minimum Gasteiger partial charge on any atom is -0.476 e. The Morgan fingerprint density at radius 3 is 2.56 bits per heavy atom. The van der Waals surface area contributed by atoms with Gasteiger partial charge in [-0.1, -0.05) is 24.6 Å². The molecule has 170 valence electrons. The summed E-state index contributed by atoms with van der Waals surface area (Å²) in [6.07, 6.45) is 0. The van der Waals surface area contributed by atoms with Gasteiger partial charge in [0.1, 0.15) is 11.9 Å². The van der Waals surface area contributed by atoms with Crippen LogP contribution in [0.3, 0.4) is 0 Å². The fourth-order valence-electron chi connectivity index (χ4n) is 3.22. The van der Waals surface area contributed by atoms with Crippen LogP contribution in [-0.4, -0.2) is 34.7 Å². The predicted molar refractivity (Wildman–Crippen MR) is 111 cm³/mol. The molecule has 0 radical (unpaired) electrons. The third kappa shape index (κ3) is 4.56. The van der Waals surface area contributed by atoms with E-state index in [1.54, 1.807) is 19.9 Å². The third-order valence-electron chi connectivity index (χ3n) is 4.99. The smallest absolute Gasteiger partial charge is 0.434 e. The summed E-state index contributed by atoms with van der Waals surface area (Å²) in [5.74, 6) is -4.26. The van der Waals surface area contributed by atoms with Crippen molar-refractivity contribution in [2.24, 2.45) is 0 Å². The number of aryl methyl sites for hydroxylation is 1. The summed E-state index contributed by atoms with van der Waals surface area (Å²) in [6, 6.07) is 3.59.